The minimum absolute atomic E-state index is 0.00132. The van der Waals surface area contributed by atoms with E-state index in [1.54, 1.807) is 14.2 Å². The first-order chi connectivity index (χ1) is 13.8. The van der Waals surface area contributed by atoms with E-state index in [0.29, 0.717) is 29.6 Å². The molecule has 154 valence electrons. The fourth-order valence-corrected chi connectivity index (χ4v) is 3.21. The smallest absolute Gasteiger partial charge is 0.222 e. The summed E-state index contributed by atoms with van der Waals surface area (Å²) in [5.74, 6) is 2.33. The van der Waals surface area contributed by atoms with Crippen LogP contribution in [0.4, 0.5) is 17.5 Å². The average Bonchev–Trinajstić information content (AvgIpc) is 2.67. The van der Waals surface area contributed by atoms with E-state index in [2.05, 4.69) is 15.3 Å². The van der Waals surface area contributed by atoms with Crippen LogP contribution in [0.3, 0.4) is 0 Å². The molecule has 8 nitrogen and oxygen atoms in total. The van der Waals surface area contributed by atoms with Crippen molar-refractivity contribution < 1.29 is 14.2 Å². The van der Waals surface area contributed by atoms with Gasteiger partial charge in [0.1, 0.15) is 5.82 Å². The van der Waals surface area contributed by atoms with Gasteiger partial charge in [-0.05, 0) is 38.0 Å². The zero-order valence-electron chi connectivity index (χ0n) is 17.4. The van der Waals surface area contributed by atoms with Gasteiger partial charge in [-0.2, -0.15) is 4.98 Å². The van der Waals surface area contributed by atoms with E-state index >= 15 is 0 Å². The Bertz CT molecular complexity index is 1010. The van der Waals surface area contributed by atoms with Gasteiger partial charge in [0, 0.05) is 29.8 Å². The van der Waals surface area contributed by atoms with E-state index in [9.17, 15) is 0 Å². The minimum atomic E-state index is -0.00132. The van der Waals surface area contributed by atoms with Crippen LogP contribution in [0.2, 0.25) is 0 Å². The van der Waals surface area contributed by atoms with Gasteiger partial charge in [0.05, 0.1) is 25.8 Å². The molecule has 8 heteroatoms. The van der Waals surface area contributed by atoms with Crippen molar-refractivity contribution in [3.63, 3.8) is 0 Å². The highest BCUT2D eigenvalue weighted by molar-refractivity contribution is 5.92. The molecule has 0 aliphatic heterocycles. The van der Waals surface area contributed by atoms with E-state index < -0.39 is 0 Å². The summed E-state index contributed by atoms with van der Waals surface area (Å²) in [6, 6.07) is 7.67. The number of hydrogen-bond donors (Lipinski definition) is 3. The topological polar surface area (TPSA) is 118 Å². The molecular weight excluding hydrogens is 370 g/mol. The van der Waals surface area contributed by atoms with Gasteiger partial charge >= 0.3 is 0 Å². The van der Waals surface area contributed by atoms with Crippen LogP contribution in [0.15, 0.2) is 24.3 Å². The number of aryl methyl sites for hydroxylation is 1. The molecule has 0 amide bonds. The standard InChI is InChI=1S/C21H27N5O3/c1-11(2)29-19-16(27-4)8-14(9-17(19)28-5)24-10-13-6-7-15-18(12(13)3)20(22)26-21(23)25-15/h6-9,11,24H,10H2,1-5H3,(H4,22,23,25,26). The lowest BCUT2D eigenvalue weighted by Crippen LogP contribution is -2.09. The fourth-order valence-electron chi connectivity index (χ4n) is 3.21. The second-order valence-electron chi connectivity index (χ2n) is 6.94. The maximum absolute atomic E-state index is 6.07. The summed E-state index contributed by atoms with van der Waals surface area (Å²) in [7, 11) is 3.21. The van der Waals surface area contributed by atoms with Gasteiger partial charge < -0.3 is 31.0 Å². The van der Waals surface area contributed by atoms with Gasteiger partial charge in [0.15, 0.2) is 11.5 Å². The van der Waals surface area contributed by atoms with E-state index in [1.807, 2.05) is 45.0 Å². The first-order valence-corrected chi connectivity index (χ1v) is 9.31. The van der Waals surface area contributed by atoms with Crippen LogP contribution >= 0.6 is 0 Å². The first kappa shape index (κ1) is 20.3. The molecule has 5 N–H and O–H groups in total. The molecule has 1 aromatic heterocycles. The van der Waals surface area contributed by atoms with Gasteiger partial charge in [-0.25, -0.2) is 4.98 Å². The average molecular weight is 397 g/mol. The molecule has 0 fully saturated rings. The number of nitrogen functional groups attached to an aromatic ring is 2. The highest BCUT2D eigenvalue weighted by Crippen LogP contribution is 2.41. The normalized spacial score (nSPS) is 11.0. The van der Waals surface area contributed by atoms with Crippen LogP contribution in [0, 0.1) is 6.92 Å². The third-order valence-electron chi connectivity index (χ3n) is 4.58. The summed E-state index contributed by atoms with van der Waals surface area (Å²) < 4.78 is 16.9. The SMILES string of the molecule is COc1cc(NCc2ccc3nc(N)nc(N)c3c2C)cc(OC)c1OC(C)C. The van der Waals surface area contributed by atoms with Crippen LogP contribution in [0.5, 0.6) is 17.2 Å². The number of aromatic nitrogens is 2. The predicted octanol–water partition coefficient (Wildman–Crippen LogP) is 3.52. The Hall–Kier alpha value is -3.42. The van der Waals surface area contributed by atoms with Crippen molar-refractivity contribution in [2.24, 2.45) is 0 Å². The molecule has 3 rings (SSSR count). The number of nitrogens with two attached hydrogens (primary N) is 2. The van der Waals surface area contributed by atoms with Gasteiger partial charge in [-0.3, -0.25) is 0 Å². The lowest BCUT2D eigenvalue weighted by Gasteiger charge is -2.19. The van der Waals surface area contributed by atoms with Crippen molar-refractivity contribution in [2.75, 3.05) is 31.0 Å². The number of ether oxygens (including phenoxy) is 3. The zero-order valence-corrected chi connectivity index (χ0v) is 17.4. The number of methoxy groups -OCH3 is 2. The zero-order chi connectivity index (χ0) is 21.1. The van der Waals surface area contributed by atoms with Crippen LogP contribution < -0.4 is 31.0 Å². The number of nitrogens with one attached hydrogen (secondary N) is 1. The van der Waals surface area contributed by atoms with Crippen LogP contribution in [-0.4, -0.2) is 30.3 Å². The van der Waals surface area contributed by atoms with E-state index in [-0.39, 0.29) is 12.1 Å². The first-order valence-electron chi connectivity index (χ1n) is 9.31. The largest absolute Gasteiger partial charge is 0.493 e. The third kappa shape index (κ3) is 4.21. The van der Waals surface area contributed by atoms with Crippen molar-refractivity contribution >= 4 is 28.4 Å². The van der Waals surface area contributed by atoms with E-state index in [1.165, 1.54) is 0 Å². The van der Waals surface area contributed by atoms with Crippen molar-refractivity contribution in [1.82, 2.24) is 9.97 Å². The Balaban J connectivity index is 1.91. The highest BCUT2D eigenvalue weighted by Gasteiger charge is 2.16. The Labute approximate surface area is 170 Å². The van der Waals surface area contributed by atoms with Crippen molar-refractivity contribution in [1.29, 1.82) is 0 Å². The molecule has 0 atom stereocenters. The molecule has 0 bridgehead atoms. The number of rotatable bonds is 7. The van der Waals surface area contributed by atoms with Gasteiger partial charge in [-0.1, -0.05) is 6.07 Å². The molecular formula is C21H27N5O3. The summed E-state index contributed by atoms with van der Waals surface area (Å²) >= 11 is 0. The summed E-state index contributed by atoms with van der Waals surface area (Å²) in [4.78, 5) is 8.33. The Morgan fingerprint density at radius 2 is 1.69 bits per heavy atom. The van der Waals surface area contributed by atoms with Crippen LogP contribution in [-0.2, 0) is 6.54 Å². The number of nitrogens with zero attached hydrogens (tertiary/aromatic N) is 2. The van der Waals surface area contributed by atoms with E-state index in [0.717, 1.165) is 27.7 Å². The molecule has 0 saturated heterocycles. The molecule has 2 aromatic carbocycles. The summed E-state index contributed by atoms with van der Waals surface area (Å²) in [5, 5.41) is 4.22. The minimum Gasteiger partial charge on any atom is -0.493 e. The molecule has 29 heavy (non-hydrogen) atoms. The summed E-state index contributed by atoms with van der Waals surface area (Å²) in [6.45, 7) is 6.48. The second kappa shape index (κ2) is 8.30. The van der Waals surface area contributed by atoms with Crippen molar-refractivity contribution in [2.45, 2.75) is 33.4 Å². The van der Waals surface area contributed by atoms with E-state index in [4.69, 9.17) is 25.7 Å². The second-order valence-corrected chi connectivity index (χ2v) is 6.94. The van der Waals surface area contributed by atoms with Crippen LogP contribution in [0.25, 0.3) is 10.9 Å². The Kier molecular flexibility index (Phi) is 5.81. The molecule has 0 radical (unpaired) electrons. The fraction of sp³-hybridized carbons (Fsp3) is 0.333. The lowest BCUT2D eigenvalue weighted by atomic mass is 10.0. The number of benzene rings is 2. The molecule has 1 heterocycles. The van der Waals surface area contributed by atoms with Crippen molar-refractivity contribution in [3.05, 3.63) is 35.4 Å². The molecule has 0 saturated carbocycles. The molecule has 0 unspecified atom stereocenters. The number of anilines is 3. The van der Waals surface area contributed by atoms with Gasteiger partial charge in [0.25, 0.3) is 0 Å². The molecule has 0 aliphatic rings. The molecule has 0 aliphatic carbocycles. The van der Waals surface area contributed by atoms with Gasteiger partial charge in [-0.15, -0.1) is 0 Å². The number of fused-ring (bicyclic) bond motifs is 1. The summed E-state index contributed by atoms with van der Waals surface area (Å²) in [6.07, 6.45) is -0.00132. The molecule has 3 aromatic rings. The Morgan fingerprint density at radius 1 is 1.03 bits per heavy atom. The van der Waals surface area contributed by atoms with Crippen LogP contribution in [0.1, 0.15) is 25.0 Å². The summed E-state index contributed by atoms with van der Waals surface area (Å²) in [5.41, 5.74) is 15.4. The third-order valence-corrected chi connectivity index (χ3v) is 4.58. The van der Waals surface area contributed by atoms with Gasteiger partial charge in [0.2, 0.25) is 11.7 Å². The highest BCUT2D eigenvalue weighted by atomic mass is 16.5. The monoisotopic (exact) mass is 397 g/mol. The number of hydrogen-bond acceptors (Lipinski definition) is 8. The lowest BCUT2D eigenvalue weighted by molar-refractivity contribution is 0.218. The maximum atomic E-state index is 6.07. The Morgan fingerprint density at radius 3 is 2.28 bits per heavy atom. The van der Waals surface area contributed by atoms with Crippen molar-refractivity contribution in [3.8, 4) is 17.2 Å². The maximum Gasteiger partial charge on any atom is 0.222 e. The quantitative estimate of drug-likeness (QED) is 0.554. The predicted molar refractivity (Wildman–Crippen MR) is 116 cm³/mol. The molecule has 0 spiro atoms.